The molecule has 2 unspecified atom stereocenters. The van der Waals surface area contributed by atoms with Gasteiger partial charge in [0.1, 0.15) is 0 Å². The molecule has 1 aliphatic rings. The van der Waals surface area contributed by atoms with Crippen LogP contribution in [0.5, 0.6) is 0 Å². The molecule has 0 aromatic heterocycles. The molecular formula is C15H22ClN3O. The third kappa shape index (κ3) is 3.18. The SMILES string of the molecule is CC1CCCC(N(C)c2cc(Cl)ccc2C(N)=NO)C1. The average Bonchev–Trinajstić information content (AvgIpc) is 2.45. The van der Waals surface area contributed by atoms with E-state index < -0.39 is 0 Å². The van der Waals surface area contributed by atoms with Gasteiger partial charge in [0.05, 0.1) is 0 Å². The average molecular weight is 296 g/mol. The zero-order valence-electron chi connectivity index (χ0n) is 12.0. The molecule has 0 heterocycles. The molecule has 110 valence electrons. The number of amidine groups is 1. The standard InChI is InChI=1S/C15H22ClN3O/c1-10-4-3-5-12(8-10)19(2)14-9-11(16)6-7-13(14)15(17)18-20/h6-7,9-10,12,20H,3-5,8H2,1-2H3,(H2,17,18). The van der Waals surface area contributed by atoms with Crippen LogP contribution in [0.1, 0.15) is 38.2 Å². The molecule has 1 aromatic rings. The molecule has 2 atom stereocenters. The lowest BCUT2D eigenvalue weighted by atomic mass is 9.86. The minimum absolute atomic E-state index is 0.118. The van der Waals surface area contributed by atoms with Crippen LogP contribution in [0, 0.1) is 5.92 Å². The summed E-state index contributed by atoms with van der Waals surface area (Å²) in [5.74, 6) is 0.857. The fourth-order valence-corrected chi connectivity index (χ4v) is 3.18. The summed E-state index contributed by atoms with van der Waals surface area (Å²) in [5, 5.41) is 12.7. The Morgan fingerprint density at radius 1 is 1.45 bits per heavy atom. The summed E-state index contributed by atoms with van der Waals surface area (Å²) in [5.41, 5.74) is 7.41. The van der Waals surface area contributed by atoms with Gasteiger partial charge in [-0.2, -0.15) is 0 Å². The molecule has 4 nitrogen and oxygen atoms in total. The second kappa shape index (κ2) is 6.35. The van der Waals surface area contributed by atoms with Crippen LogP contribution in [0.2, 0.25) is 5.02 Å². The number of nitrogens with zero attached hydrogens (tertiary/aromatic N) is 2. The Bertz CT molecular complexity index is 504. The third-order valence-electron chi connectivity index (χ3n) is 4.18. The molecule has 0 radical (unpaired) electrons. The number of halogens is 1. The van der Waals surface area contributed by atoms with Crippen LogP contribution >= 0.6 is 11.6 Å². The van der Waals surface area contributed by atoms with E-state index in [-0.39, 0.29) is 5.84 Å². The van der Waals surface area contributed by atoms with Crippen molar-refractivity contribution >= 4 is 23.1 Å². The second-order valence-corrected chi connectivity index (χ2v) is 6.12. The van der Waals surface area contributed by atoms with Gasteiger partial charge in [0.25, 0.3) is 0 Å². The van der Waals surface area contributed by atoms with Crippen LogP contribution in [0.25, 0.3) is 0 Å². The maximum Gasteiger partial charge on any atom is 0.172 e. The minimum atomic E-state index is 0.118. The quantitative estimate of drug-likeness (QED) is 0.388. The lowest BCUT2D eigenvalue weighted by Gasteiger charge is -2.36. The van der Waals surface area contributed by atoms with E-state index >= 15 is 0 Å². The van der Waals surface area contributed by atoms with E-state index in [1.54, 1.807) is 12.1 Å². The normalized spacial score (nSPS) is 23.6. The molecular weight excluding hydrogens is 274 g/mol. The highest BCUT2D eigenvalue weighted by Crippen LogP contribution is 2.32. The van der Waals surface area contributed by atoms with Crippen LogP contribution < -0.4 is 10.6 Å². The summed E-state index contributed by atoms with van der Waals surface area (Å²) in [7, 11) is 2.06. The Labute approximate surface area is 125 Å². The molecule has 0 saturated heterocycles. The Hall–Kier alpha value is -1.42. The van der Waals surface area contributed by atoms with E-state index in [0.29, 0.717) is 11.1 Å². The molecule has 1 saturated carbocycles. The van der Waals surface area contributed by atoms with Crippen molar-refractivity contribution in [2.24, 2.45) is 16.8 Å². The van der Waals surface area contributed by atoms with Gasteiger partial charge in [-0.3, -0.25) is 0 Å². The van der Waals surface area contributed by atoms with E-state index in [2.05, 4.69) is 24.0 Å². The van der Waals surface area contributed by atoms with Crippen LogP contribution in [0.4, 0.5) is 5.69 Å². The van der Waals surface area contributed by atoms with E-state index in [1.807, 2.05) is 6.07 Å². The molecule has 0 amide bonds. The first-order chi connectivity index (χ1) is 9.52. The summed E-state index contributed by atoms with van der Waals surface area (Å²) >= 11 is 6.11. The van der Waals surface area contributed by atoms with Gasteiger partial charge in [0.2, 0.25) is 0 Å². The predicted octanol–water partition coefficient (Wildman–Crippen LogP) is 3.45. The van der Waals surface area contributed by atoms with Crippen molar-refractivity contribution in [2.45, 2.75) is 38.6 Å². The van der Waals surface area contributed by atoms with Gasteiger partial charge in [-0.15, -0.1) is 0 Å². The Morgan fingerprint density at radius 2 is 2.20 bits per heavy atom. The molecule has 1 aromatic carbocycles. The fraction of sp³-hybridized carbons (Fsp3) is 0.533. The summed E-state index contributed by atoms with van der Waals surface area (Å²) in [6.45, 7) is 2.29. The van der Waals surface area contributed by atoms with Gasteiger partial charge >= 0.3 is 0 Å². The van der Waals surface area contributed by atoms with Gasteiger partial charge < -0.3 is 15.8 Å². The topological polar surface area (TPSA) is 61.8 Å². The summed E-state index contributed by atoms with van der Waals surface area (Å²) in [6, 6.07) is 5.92. The zero-order chi connectivity index (χ0) is 14.7. The first-order valence-electron chi connectivity index (χ1n) is 7.03. The van der Waals surface area contributed by atoms with Gasteiger partial charge in [-0.05, 0) is 37.0 Å². The Balaban J connectivity index is 2.32. The first-order valence-corrected chi connectivity index (χ1v) is 7.41. The van der Waals surface area contributed by atoms with E-state index in [0.717, 1.165) is 17.2 Å². The number of benzene rings is 1. The highest BCUT2D eigenvalue weighted by atomic mass is 35.5. The number of hydrogen-bond acceptors (Lipinski definition) is 3. The smallest absolute Gasteiger partial charge is 0.172 e. The van der Waals surface area contributed by atoms with Crippen molar-refractivity contribution in [1.29, 1.82) is 0 Å². The summed E-state index contributed by atoms with van der Waals surface area (Å²) in [6.07, 6.45) is 4.88. The largest absolute Gasteiger partial charge is 0.409 e. The molecule has 0 spiro atoms. The molecule has 5 heteroatoms. The summed E-state index contributed by atoms with van der Waals surface area (Å²) in [4.78, 5) is 2.22. The van der Waals surface area contributed by atoms with Crippen molar-refractivity contribution in [2.75, 3.05) is 11.9 Å². The van der Waals surface area contributed by atoms with E-state index in [4.69, 9.17) is 22.5 Å². The maximum atomic E-state index is 8.93. The van der Waals surface area contributed by atoms with Crippen molar-refractivity contribution < 1.29 is 5.21 Å². The highest BCUT2D eigenvalue weighted by Gasteiger charge is 2.24. The van der Waals surface area contributed by atoms with Gasteiger partial charge in [-0.25, -0.2) is 0 Å². The lowest BCUT2D eigenvalue weighted by Crippen LogP contribution is -2.36. The van der Waals surface area contributed by atoms with Crippen LogP contribution in [0.15, 0.2) is 23.4 Å². The minimum Gasteiger partial charge on any atom is -0.409 e. The number of nitrogens with two attached hydrogens (primary N) is 1. The third-order valence-corrected chi connectivity index (χ3v) is 4.41. The van der Waals surface area contributed by atoms with E-state index in [1.165, 1.54) is 25.7 Å². The molecule has 2 rings (SSSR count). The fourth-order valence-electron chi connectivity index (χ4n) is 3.02. The van der Waals surface area contributed by atoms with Crippen LogP contribution in [-0.2, 0) is 0 Å². The first kappa shape index (κ1) is 15.0. The predicted molar refractivity (Wildman–Crippen MR) is 83.8 cm³/mol. The maximum absolute atomic E-state index is 8.93. The molecule has 20 heavy (non-hydrogen) atoms. The zero-order valence-corrected chi connectivity index (χ0v) is 12.8. The monoisotopic (exact) mass is 295 g/mol. The lowest BCUT2D eigenvalue weighted by molar-refractivity contribution is 0.318. The molecule has 1 aliphatic carbocycles. The van der Waals surface area contributed by atoms with Crippen molar-refractivity contribution in [3.05, 3.63) is 28.8 Å². The van der Waals surface area contributed by atoms with Gasteiger partial charge in [0, 0.05) is 29.4 Å². The van der Waals surface area contributed by atoms with Crippen molar-refractivity contribution in [1.82, 2.24) is 0 Å². The van der Waals surface area contributed by atoms with Crippen LogP contribution in [0.3, 0.4) is 0 Å². The van der Waals surface area contributed by atoms with Crippen molar-refractivity contribution in [3.8, 4) is 0 Å². The Morgan fingerprint density at radius 3 is 2.85 bits per heavy atom. The molecule has 0 aliphatic heterocycles. The van der Waals surface area contributed by atoms with Crippen LogP contribution in [-0.4, -0.2) is 24.1 Å². The highest BCUT2D eigenvalue weighted by molar-refractivity contribution is 6.31. The number of hydrogen-bond donors (Lipinski definition) is 2. The second-order valence-electron chi connectivity index (χ2n) is 5.68. The van der Waals surface area contributed by atoms with Gasteiger partial charge in [-0.1, -0.05) is 36.5 Å². The number of rotatable bonds is 3. The number of anilines is 1. The Kier molecular flexibility index (Phi) is 4.76. The summed E-state index contributed by atoms with van der Waals surface area (Å²) < 4.78 is 0. The molecule has 0 bridgehead atoms. The molecule has 3 N–H and O–H groups in total. The molecule has 1 fully saturated rings. The number of oxime groups is 1. The van der Waals surface area contributed by atoms with E-state index in [9.17, 15) is 0 Å². The van der Waals surface area contributed by atoms with Crippen molar-refractivity contribution in [3.63, 3.8) is 0 Å². The van der Waals surface area contributed by atoms with Gasteiger partial charge in [0.15, 0.2) is 5.84 Å².